The van der Waals surface area contributed by atoms with Crippen molar-refractivity contribution in [1.29, 1.82) is 0 Å². The summed E-state index contributed by atoms with van der Waals surface area (Å²) in [5, 5.41) is 11.7. The zero-order valence-electron chi connectivity index (χ0n) is 14.2. The molecule has 0 spiro atoms. The van der Waals surface area contributed by atoms with Gasteiger partial charge in [0.15, 0.2) is 5.13 Å². The van der Waals surface area contributed by atoms with Crippen molar-refractivity contribution in [2.45, 2.75) is 0 Å². The second-order valence-corrected chi connectivity index (χ2v) is 7.20. The van der Waals surface area contributed by atoms with E-state index in [1.54, 1.807) is 11.0 Å². The number of amides is 1. The van der Waals surface area contributed by atoms with E-state index in [0.717, 1.165) is 15.3 Å². The van der Waals surface area contributed by atoms with Gasteiger partial charge in [0, 0.05) is 43.9 Å². The molecule has 2 heterocycles. The summed E-state index contributed by atoms with van der Waals surface area (Å²) < 4.78 is 13.8. The molecule has 1 aromatic heterocycles. The van der Waals surface area contributed by atoms with Gasteiger partial charge in [-0.05, 0) is 30.3 Å². The Morgan fingerprint density at radius 3 is 2.48 bits per heavy atom. The molecular formula is C18H15FN4O3S. The standard InChI is InChI=1S/C18H15FN4O3S/c19-13-3-1-12(2-4-13)17(24)21-7-9-22(10-8-21)18-20-15-6-5-14(23(25)26)11-16(15)27-18/h1-6,11H,7-10H2. The van der Waals surface area contributed by atoms with Gasteiger partial charge in [-0.3, -0.25) is 14.9 Å². The van der Waals surface area contributed by atoms with Crippen LogP contribution in [0.4, 0.5) is 15.2 Å². The van der Waals surface area contributed by atoms with Crippen LogP contribution in [-0.4, -0.2) is 46.9 Å². The Hall–Kier alpha value is -3.07. The van der Waals surface area contributed by atoms with Gasteiger partial charge < -0.3 is 9.80 Å². The Balaban J connectivity index is 1.46. The van der Waals surface area contributed by atoms with Gasteiger partial charge in [0.1, 0.15) is 5.82 Å². The lowest BCUT2D eigenvalue weighted by Crippen LogP contribution is -2.48. The van der Waals surface area contributed by atoms with E-state index in [4.69, 9.17) is 0 Å². The maximum Gasteiger partial charge on any atom is 0.270 e. The van der Waals surface area contributed by atoms with Gasteiger partial charge in [0.2, 0.25) is 0 Å². The number of benzene rings is 2. The van der Waals surface area contributed by atoms with Crippen LogP contribution in [0, 0.1) is 15.9 Å². The third kappa shape index (κ3) is 3.45. The number of halogens is 1. The monoisotopic (exact) mass is 386 g/mol. The van der Waals surface area contributed by atoms with Crippen LogP contribution in [0.3, 0.4) is 0 Å². The fourth-order valence-electron chi connectivity index (χ4n) is 3.03. The van der Waals surface area contributed by atoms with Gasteiger partial charge in [-0.25, -0.2) is 9.37 Å². The number of nitro groups is 1. The molecule has 9 heteroatoms. The quantitative estimate of drug-likeness (QED) is 0.510. The molecule has 1 fully saturated rings. The topological polar surface area (TPSA) is 79.6 Å². The summed E-state index contributed by atoms with van der Waals surface area (Å²) in [7, 11) is 0. The first-order chi connectivity index (χ1) is 13.0. The average molecular weight is 386 g/mol. The summed E-state index contributed by atoms with van der Waals surface area (Å²) >= 11 is 1.41. The number of hydrogen-bond donors (Lipinski definition) is 0. The molecule has 138 valence electrons. The van der Waals surface area contributed by atoms with Crippen LogP contribution in [0.2, 0.25) is 0 Å². The predicted molar refractivity (Wildman–Crippen MR) is 101 cm³/mol. The van der Waals surface area contributed by atoms with E-state index in [1.807, 2.05) is 0 Å². The van der Waals surface area contributed by atoms with E-state index in [-0.39, 0.29) is 17.4 Å². The minimum atomic E-state index is -0.418. The number of non-ortho nitro benzene ring substituents is 1. The van der Waals surface area contributed by atoms with Gasteiger partial charge >= 0.3 is 0 Å². The Labute approximate surface area is 157 Å². The zero-order valence-corrected chi connectivity index (χ0v) is 15.0. The summed E-state index contributed by atoms with van der Waals surface area (Å²) in [5.74, 6) is -0.484. The van der Waals surface area contributed by atoms with E-state index in [9.17, 15) is 19.3 Å². The first-order valence-corrected chi connectivity index (χ1v) is 9.18. The van der Waals surface area contributed by atoms with Crippen molar-refractivity contribution < 1.29 is 14.1 Å². The minimum absolute atomic E-state index is 0.0485. The number of carbonyl (C=O) groups is 1. The van der Waals surface area contributed by atoms with Crippen molar-refractivity contribution in [3.63, 3.8) is 0 Å². The Kier molecular flexibility index (Phi) is 4.44. The van der Waals surface area contributed by atoms with Crippen LogP contribution in [0.1, 0.15) is 10.4 Å². The number of hydrogen-bond acceptors (Lipinski definition) is 6. The van der Waals surface area contributed by atoms with Gasteiger partial charge in [-0.1, -0.05) is 11.3 Å². The van der Waals surface area contributed by atoms with Crippen molar-refractivity contribution in [1.82, 2.24) is 9.88 Å². The molecular weight excluding hydrogens is 371 g/mol. The maximum atomic E-state index is 13.0. The number of carbonyl (C=O) groups excluding carboxylic acids is 1. The molecule has 0 bridgehead atoms. The highest BCUT2D eigenvalue weighted by atomic mass is 32.1. The molecule has 3 aromatic rings. The van der Waals surface area contributed by atoms with Gasteiger partial charge in [-0.15, -0.1) is 0 Å². The molecule has 1 saturated heterocycles. The lowest BCUT2D eigenvalue weighted by Gasteiger charge is -2.34. The van der Waals surface area contributed by atoms with E-state index in [0.29, 0.717) is 31.7 Å². The maximum absolute atomic E-state index is 13.0. The largest absolute Gasteiger partial charge is 0.345 e. The van der Waals surface area contributed by atoms with Gasteiger partial charge in [-0.2, -0.15) is 0 Å². The number of thiazole rings is 1. The number of fused-ring (bicyclic) bond motifs is 1. The first-order valence-electron chi connectivity index (χ1n) is 8.36. The fraction of sp³-hybridized carbons (Fsp3) is 0.222. The van der Waals surface area contributed by atoms with Crippen molar-refractivity contribution in [3.8, 4) is 0 Å². The number of nitrogens with zero attached hydrogens (tertiary/aromatic N) is 4. The molecule has 2 aromatic carbocycles. The Morgan fingerprint density at radius 2 is 1.81 bits per heavy atom. The summed E-state index contributed by atoms with van der Waals surface area (Å²) in [5.41, 5.74) is 1.25. The number of rotatable bonds is 3. The van der Waals surface area contributed by atoms with Crippen LogP contribution in [0.25, 0.3) is 10.2 Å². The number of nitro benzene ring substituents is 1. The second-order valence-electron chi connectivity index (χ2n) is 6.19. The zero-order chi connectivity index (χ0) is 19.0. The molecule has 0 saturated carbocycles. The predicted octanol–water partition coefficient (Wildman–Crippen LogP) is 3.31. The van der Waals surface area contributed by atoms with E-state index >= 15 is 0 Å². The van der Waals surface area contributed by atoms with Crippen LogP contribution >= 0.6 is 11.3 Å². The number of anilines is 1. The third-order valence-corrected chi connectivity index (χ3v) is 5.58. The van der Waals surface area contributed by atoms with Crippen LogP contribution in [0.5, 0.6) is 0 Å². The lowest BCUT2D eigenvalue weighted by molar-refractivity contribution is -0.384. The highest BCUT2D eigenvalue weighted by molar-refractivity contribution is 7.22. The van der Waals surface area contributed by atoms with Crippen molar-refractivity contribution in [2.24, 2.45) is 0 Å². The Morgan fingerprint density at radius 1 is 1.11 bits per heavy atom. The summed E-state index contributed by atoms with van der Waals surface area (Å²) in [6.07, 6.45) is 0. The highest BCUT2D eigenvalue weighted by Gasteiger charge is 2.24. The van der Waals surface area contributed by atoms with Crippen LogP contribution in [-0.2, 0) is 0 Å². The first kappa shape index (κ1) is 17.3. The normalized spacial score (nSPS) is 14.6. The Bertz CT molecular complexity index is 1010. The minimum Gasteiger partial charge on any atom is -0.345 e. The number of aromatic nitrogens is 1. The SMILES string of the molecule is O=C(c1ccc(F)cc1)N1CCN(c2nc3ccc([N+](=O)[O-])cc3s2)CC1. The fourth-order valence-corrected chi connectivity index (χ4v) is 4.08. The highest BCUT2D eigenvalue weighted by Crippen LogP contribution is 2.31. The number of piperazine rings is 1. The average Bonchev–Trinajstić information content (AvgIpc) is 3.11. The van der Waals surface area contributed by atoms with Gasteiger partial charge in [0.25, 0.3) is 11.6 Å². The molecule has 0 atom stereocenters. The summed E-state index contributed by atoms with van der Waals surface area (Å²) in [6.45, 7) is 2.31. The molecule has 1 amide bonds. The molecule has 0 aliphatic carbocycles. The van der Waals surface area contributed by atoms with E-state index < -0.39 is 4.92 Å². The second kappa shape index (κ2) is 6.92. The van der Waals surface area contributed by atoms with Crippen molar-refractivity contribution in [2.75, 3.05) is 31.1 Å². The van der Waals surface area contributed by atoms with Crippen LogP contribution < -0.4 is 4.90 Å². The molecule has 1 aliphatic heterocycles. The van der Waals surface area contributed by atoms with Crippen LogP contribution in [0.15, 0.2) is 42.5 Å². The van der Waals surface area contributed by atoms with Crippen molar-refractivity contribution in [3.05, 3.63) is 64.0 Å². The molecule has 0 radical (unpaired) electrons. The molecule has 7 nitrogen and oxygen atoms in total. The van der Waals surface area contributed by atoms with E-state index in [1.165, 1.54) is 47.7 Å². The molecule has 1 aliphatic rings. The lowest BCUT2D eigenvalue weighted by atomic mass is 10.2. The molecule has 0 unspecified atom stereocenters. The van der Waals surface area contributed by atoms with Gasteiger partial charge in [0.05, 0.1) is 15.1 Å². The smallest absolute Gasteiger partial charge is 0.270 e. The van der Waals surface area contributed by atoms with Crippen molar-refractivity contribution >= 4 is 38.3 Å². The third-order valence-electron chi connectivity index (χ3n) is 4.50. The summed E-state index contributed by atoms with van der Waals surface area (Å²) in [4.78, 5) is 31.4. The summed E-state index contributed by atoms with van der Waals surface area (Å²) in [6, 6.07) is 10.2. The van der Waals surface area contributed by atoms with E-state index in [2.05, 4.69) is 9.88 Å². The molecule has 0 N–H and O–H groups in total. The molecule has 27 heavy (non-hydrogen) atoms. The molecule has 4 rings (SSSR count).